The molecule has 1 aromatic carbocycles. The summed E-state index contributed by atoms with van der Waals surface area (Å²) in [6.07, 6.45) is 1.52. The number of primary sulfonamides is 1. The van der Waals surface area contributed by atoms with E-state index < -0.39 is 16.0 Å². The van der Waals surface area contributed by atoms with E-state index in [0.29, 0.717) is 0 Å². The molecule has 1 aromatic rings. The monoisotopic (exact) mass is 347 g/mol. The van der Waals surface area contributed by atoms with Gasteiger partial charge in [-0.15, -0.1) is 0 Å². The van der Waals surface area contributed by atoms with Gasteiger partial charge in [0, 0.05) is 0 Å². The van der Waals surface area contributed by atoms with E-state index in [2.05, 4.69) is 0 Å². The Morgan fingerprint density at radius 1 is 1.50 bits per heavy atom. The molecule has 1 saturated heterocycles. The van der Waals surface area contributed by atoms with Gasteiger partial charge in [0.1, 0.15) is 6.61 Å². The number of benzene rings is 1. The second-order valence-electron chi connectivity index (χ2n) is 5.82. The van der Waals surface area contributed by atoms with Gasteiger partial charge in [-0.1, -0.05) is 11.6 Å². The van der Waals surface area contributed by atoms with Crippen molar-refractivity contribution in [2.24, 2.45) is 5.14 Å². The molecule has 1 atom stereocenters. The molecule has 1 fully saturated rings. The third-order valence-corrected chi connectivity index (χ3v) is 4.68. The van der Waals surface area contributed by atoms with Gasteiger partial charge >= 0.3 is 5.97 Å². The van der Waals surface area contributed by atoms with Crippen LogP contribution in [0, 0.1) is 0 Å². The maximum absolute atomic E-state index is 12.1. The Hall–Kier alpha value is -1.15. The summed E-state index contributed by atoms with van der Waals surface area (Å²) in [5.41, 5.74) is -0.257. The fourth-order valence-electron chi connectivity index (χ4n) is 2.28. The lowest BCUT2D eigenvalue weighted by Gasteiger charge is -2.19. The van der Waals surface area contributed by atoms with E-state index in [1.807, 2.05) is 13.8 Å². The predicted molar refractivity (Wildman–Crippen MR) is 81.3 cm³/mol. The van der Waals surface area contributed by atoms with E-state index in [4.69, 9.17) is 26.2 Å². The van der Waals surface area contributed by atoms with Crippen LogP contribution in [-0.4, -0.2) is 32.7 Å². The van der Waals surface area contributed by atoms with Crippen molar-refractivity contribution in [1.29, 1.82) is 0 Å². The minimum atomic E-state index is -3.91. The Balaban J connectivity index is 2.07. The number of rotatable bonds is 4. The van der Waals surface area contributed by atoms with Gasteiger partial charge in [0.05, 0.1) is 27.2 Å². The number of nitrogens with two attached hydrogens (primary N) is 1. The first-order valence-corrected chi connectivity index (χ1v) is 8.68. The fourth-order valence-corrected chi connectivity index (χ4v) is 3.01. The van der Waals surface area contributed by atoms with Crippen LogP contribution in [0.3, 0.4) is 0 Å². The van der Waals surface area contributed by atoms with E-state index in [1.54, 1.807) is 0 Å². The van der Waals surface area contributed by atoms with Gasteiger partial charge in [-0.3, -0.25) is 0 Å². The second kappa shape index (κ2) is 6.16. The number of ether oxygens (including phenoxy) is 2. The van der Waals surface area contributed by atoms with Gasteiger partial charge in [0.15, 0.2) is 0 Å². The molecular formula is C14H18ClNO5S. The summed E-state index contributed by atoms with van der Waals surface area (Å²) in [5.74, 6) is -0.705. The number of hydrogen-bond donors (Lipinski definition) is 1. The largest absolute Gasteiger partial charge is 0.459 e. The number of halogens is 1. The highest BCUT2D eigenvalue weighted by molar-refractivity contribution is 7.89. The lowest BCUT2D eigenvalue weighted by molar-refractivity contribution is -0.0444. The smallest absolute Gasteiger partial charge is 0.339 e. The van der Waals surface area contributed by atoms with Crippen molar-refractivity contribution in [2.45, 2.75) is 43.3 Å². The van der Waals surface area contributed by atoms with Crippen molar-refractivity contribution in [3.8, 4) is 0 Å². The lowest BCUT2D eigenvalue weighted by Crippen LogP contribution is -2.24. The fraction of sp³-hybridized carbons (Fsp3) is 0.500. The van der Waals surface area contributed by atoms with Crippen molar-refractivity contribution >= 4 is 27.6 Å². The summed E-state index contributed by atoms with van der Waals surface area (Å²) in [6, 6.07) is 3.64. The van der Waals surface area contributed by atoms with Gasteiger partial charge < -0.3 is 9.47 Å². The van der Waals surface area contributed by atoms with Gasteiger partial charge in [-0.05, 0) is 44.9 Å². The van der Waals surface area contributed by atoms with Crippen LogP contribution >= 0.6 is 11.6 Å². The Morgan fingerprint density at radius 3 is 2.73 bits per heavy atom. The summed E-state index contributed by atoms with van der Waals surface area (Å²) in [6.45, 7) is 4.04. The third-order valence-electron chi connectivity index (χ3n) is 3.44. The molecule has 0 amide bonds. The lowest BCUT2D eigenvalue weighted by atomic mass is 10.1. The van der Waals surface area contributed by atoms with Crippen LogP contribution in [0.4, 0.5) is 0 Å². The molecule has 8 heteroatoms. The van der Waals surface area contributed by atoms with E-state index >= 15 is 0 Å². The first kappa shape index (κ1) is 17.2. The zero-order valence-corrected chi connectivity index (χ0v) is 13.9. The molecule has 22 heavy (non-hydrogen) atoms. The van der Waals surface area contributed by atoms with E-state index in [9.17, 15) is 13.2 Å². The molecule has 0 aromatic heterocycles. The highest BCUT2D eigenvalue weighted by Crippen LogP contribution is 2.29. The number of carbonyl (C=O) groups is 1. The summed E-state index contributed by atoms with van der Waals surface area (Å²) >= 11 is 5.91. The van der Waals surface area contributed by atoms with Crippen LogP contribution in [0.5, 0.6) is 0 Å². The molecule has 6 nitrogen and oxygen atoms in total. The average Bonchev–Trinajstić information content (AvgIpc) is 2.75. The topological polar surface area (TPSA) is 95.7 Å². The molecule has 1 unspecified atom stereocenters. The maximum Gasteiger partial charge on any atom is 0.339 e. The first-order valence-electron chi connectivity index (χ1n) is 6.76. The van der Waals surface area contributed by atoms with Gasteiger partial charge in [0.25, 0.3) is 0 Å². The Bertz CT molecular complexity index is 686. The van der Waals surface area contributed by atoms with Gasteiger partial charge in [-0.25, -0.2) is 18.4 Å². The van der Waals surface area contributed by atoms with Gasteiger partial charge in [0.2, 0.25) is 10.0 Å². The quantitative estimate of drug-likeness (QED) is 0.841. The SMILES string of the molecule is CC1(C)CCC(COC(=O)c2cc(S(N)(=O)=O)ccc2Cl)O1. The number of hydrogen-bond acceptors (Lipinski definition) is 5. The van der Waals surface area contributed by atoms with Crippen LogP contribution in [0.25, 0.3) is 0 Å². The minimum absolute atomic E-state index is 0.0366. The number of carbonyl (C=O) groups excluding carboxylic acids is 1. The third kappa shape index (κ3) is 4.19. The summed E-state index contributed by atoms with van der Waals surface area (Å²) in [5, 5.41) is 5.14. The Morgan fingerprint density at radius 2 is 2.18 bits per heavy atom. The molecule has 0 spiro atoms. The van der Waals surface area contributed by atoms with Crippen molar-refractivity contribution in [3.63, 3.8) is 0 Å². The Kier molecular flexibility index (Phi) is 4.81. The second-order valence-corrected chi connectivity index (χ2v) is 7.79. The minimum Gasteiger partial charge on any atom is -0.459 e. The first-order chi connectivity index (χ1) is 10.1. The summed E-state index contributed by atoms with van der Waals surface area (Å²) in [4.78, 5) is 11.9. The van der Waals surface area contributed by atoms with E-state index in [-0.39, 0.29) is 33.8 Å². The molecule has 2 rings (SSSR count). The average molecular weight is 348 g/mol. The van der Waals surface area contributed by atoms with Crippen molar-refractivity contribution in [3.05, 3.63) is 28.8 Å². The highest BCUT2D eigenvalue weighted by atomic mass is 35.5. The maximum atomic E-state index is 12.1. The summed E-state index contributed by atoms with van der Waals surface area (Å²) < 4.78 is 33.5. The molecule has 0 bridgehead atoms. The van der Waals surface area contributed by atoms with Crippen molar-refractivity contribution in [2.75, 3.05) is 6.61 Å². The Labute approximate surface area is 134 Å². The van der Waals surface area contributed by atoms with Crippen LogP contribution in [0.15, 0.2) is 23.1 Å². The van der Waals surface area contributed by atoms with E-state index in [0.717, 1.165) is 18.9 Å². The standard InChI is InChI=1S/C14H18ClNO5S/c1-14(2)6-5-9(21-14)8-20-13(17)11-7-10(22(16,18)19)3-4-12(11)15/h3-4,7,9H,5-6,8H2,1-2H3,(H2,16,18,19). The van der Waals surface area contributed by atoms with Gasteiger partial charge in [-0.2, -0.15) is 0 Å². The number of esters is 1. The zero-order valence-electron chi connectivity index (χ0n) is 12.3. The molecule has 2 N–H and O–H groups in total. The molecule has 0 radical (unpaired) electrons. The van der Waals surface area contributed by atoms with Crippen LogP contribution in [0.2, 0.25) is 5.02 Å². The van der Waals surface area contributed by atoms with E-state index in [1.165, 1.54) is 12.1 Å². The normalized spacial score (nSPS) is 20.8. The zero-order chi connectivity index (χ0) is 16.5. The van der Waals surface area contributed by atoms with Crippen molar-refractivity contribution in [1.82, 2.24) is 0 Å². The summed E-state index contributed by atoms with van der Waals surface area (Å²) in [7, 11) is -3.91. The van der Waals surface area contributed by atoms with Crippen molar-refractivity contribution < 1.29 is 22.7 Å². The molecule has 1 aliphatic heterocycles. The molecular weight excluding hydrogens is 330 g/mol. The van der Waals surface area contributed by atoms with Crippen LogP contribution in [0.1, 0.15) is 37.0 Å². The molecule has 0 saturated carbocycles. The molecule has 1 heterocycles. The molecule has 0 aliphatic carbocycles. The number of sulfonamides is 1. The molecule has 122 valence electrons. The van der Waals surface area contributed by atoms with Crippen LogP contribution < -0.4 is 5.14 Å². The molecule has 1 aliphatic rings. The predicted octanol–water partition coefficient (Wildman–Crippen LogP) is 2.10. The van der Waals surface area contributed by atoms with Crippen LogP contribution in [-0.2, 0) is 19.5 Å². The highest BCUT2D eigenvalue weighted by Gasteiger charge is 2.32.